The van der Waals surface area contributed by atoms with E-state index in [1.807, 2.05) is 50.8 Å². The third-order valence-electron chi connectivity index (χ3n) is 6.30. The lowest BCUT2D eigenvalue weighted by Gasteiger charge is -2.33. The number of hydrogen-bond acceptors (Lipinski definition) is 4. The minimum atomic E-state index is -0.434. The first-order chi connectivity index (χ1) is 12.6. The molecule has 2 saturated heterocycles. The number of methoxy groups -OCH3 is 1. The number of carbonyl (C=O) groups is 1. The van der Waals surface area contributed by atoms with E-state index in [0.717, 1.165) is 30.4 Å². The van der Waals surface area contributed by atoms with Gasteiger partial charge in [0.25, 0.3) is 0 Å². The Bertz CT molecular complexity index is 687. The molecule has 1 aromatic carbocycles. The zero-order chi connectivity index (χ0) is 19.8. The summed E-state index contributed by atoms with van der Waals surface area (Å²) in [5.74, 6) is 0.879. The number of benzene rings is 1. The second-order valence-electron chi connectivity index (χ2n) is 8.77. The molecule has 0 aromatic heterocycles. The lowest BCUT2D eigenvalue weighted by Crippen LogP contribution is -2.42. The van der Waals surface area contributed by atoms with Gasteiger partial charge < -0.3 is 18.9 Å². The van der Waals surface area contributed by atoms with Crippen LogP contribution in [0.5, 0.6) is 5.75 Å². The van der Waals surface area contributed by atoms with Crippen molar-refractivity contribution < 1.29 is 18.8 Å². The van der Waals surface area contributed by atoms with Gasteiger partial charge in [-0.3, -0.25) is 4.79 Å². The molecule has 0 saturated carbocycles. The molecule has 5 nitrogen and oxygen atoms in total. The van der Waals surface area contributed by atoms with Crippen molar-refractivity contribution in [3.63, 3.8) is 0 Å². The molecule has 148 valence electrons. The first-order valence-corrected chi connectivity index (χ1v) is 9.96. The lowest BCUT2D eigenvalue weighted by molar-refractivity contribution is -0.133. The highest BCUT2D eigenvalue weighted by Gasteiger charge is 2.51. The maximum atomic E-state index is 12.8. The molecule has 1 atom stereocenters. The van der Waals surface area contributed by atoms with Crippen LogP contribution >= 0.6 is 0 Å². The molecule has 2 aliphatic rings. The van der Waals surface area contributed by atoms with Crippen molar-refractivity contribution >= 4 is 18.5 Å². The van der Waals surface area contributed by atoms with Crippen LogP contribution in [0.15, 0.2) is 18.2 Å². The van der Waals surface area contributed by atoms with Crippen LogP contribution in [0.1, 0.15) is 59.4 Å². The minimum absolute atomic E-state index is 0.170. The molecule has 6 heteroatoms. The average molecular weight is 373 g/mol. The van der Waals surface area contributed by atoms with E-state index in [-0.39, 0.29) is 17.1 Å². The second kappa shape index (κ2) is 7.48. The van der Waals surface area contributed by atoms with Crippen molar-refractivity contribution in [2.75, 3.05) is 13.7 Å². The van der Waals surface area contributed by atoms with Gasteiger partial charge in [-0.15, -0.1) is 0 Å². The van der Waals surface area contributed by atoms with Crippen molar-refractivity contribution in [1.29, 1.82) is 0 Å². The Balaban J connectivity index is 1.76. The van der Waals surface area contributed by atoms with Gasteiger partial charge in [0.1, 0.15) is 5.75 Å². The molecule has 2 aliphatic heterocycles. The summed E-state index contributed by atoms with van der Waals surface area (Å²) < 4.78 is 17.8. The Morgan fingerprint density at radius 1 is 1.22 bits per heavy atom. The number of piperidine rings is 1. The Labute approximate surface area is 163 Å². The summed E-state index contributed by atoms with van der Waals surface area (Å²) in [6, 6.07) is 6.20. The highest BCUT2D eigenvalue weighted by atomic mass is 16.7. The van der Waals surface area contributed by atoms with Gasteiger partial charge in [0.2, 0.25) is 5.91 Å². The van der Waals surface area contributed by atoms with Crippen LogP contribution in [0.2, 0.25) is 0 Å². The molecule has 0 spiro atoms. The fraction of sp³-hybridized carbons (Fsp3) is 0.667. The fourth-order valence-corrected chi connectivity index (χ4v) is 3.77. The summed E-state index contributed by atoms with van der Waals surface area (Å²) >= 11 is 0. The molecule has 1 amide bonds. The number of amides is 1. The molecular formula is C21H32BNO4. The van der Waals surface area contributed by atoms with Crippen molar-refractivity contribution in [3.05, 3.63) is 23.8 Å². The SMILES string of the molecule is COc1cc(B2OC(C)(C)C(C)(C)O2)ccc1CC(=O)N1CCCCC1C. The van der Waals surface area contributed by atoms with E-state index in [1.54, 1.807) is 7.11 Å². The van der Waals surface area contributed by atoms with E-state index < -0.39 is 7.12 Å². The van der Waals surface area contributed by atoms with Crippen LogP contribution in [-0.2, 0) is 20.5 Å². The van der Waals surface area contributed by atoms with Crippen LogP contribution in [-0.4, -0.2) is 48.8 Å². The molecule has 27 heavy (non-hydrogen) atoms. The van der Waals surface area contributed by atoms with Gasteiger partial charge in [0.15, 0.2) is 0 Å². The van der Waals surface area contributed by atoms with Crippen LogP contribution in [0.3, 0.4) is 0 Å². The minimum Gasteiger partial charge on any atom is -0.496 e. The summed E-state index contributed by atoms with van der Waals surface area (Å²) in [6.07, 6.45) is 3.74. The van der Waals surface area contributed by atoms with E-state index in [0.29, 0.717) is 18.2 Å². The zero-order valence-corrected chi connectivity index (χ0v) is 17.5. The summed E-state index contributed by atoms with van der Waals surface area (Å²) in [7, 11) is 1.21. The summed E-state index contributed by atoms with van der Waals surface area (Å²) in [4.78, 5) is 14.8. The quantitative estimate of drug-likeness (QED) is 0.762. The molecule has 2 heterocycles. The number of ether oxygens (including phenoxy) is 1. The van der Waals surface area contributed by atoms with E-state index >= 15 is 0 Å². The zero-order valence-electron chi connectivity index (χ0n) is 17.5. The largest absolute Gasteiger partial charge is 0.496 e. The highest BCUT2D eigenvalue weighted by Crippen LogP contribution is 2.36. The second-order valence-corrected chi connectivity index (χ2v) is 8.77. The molecule has 1 aromatic rings. The maximum Gasteiger partial charge on any atom is 0.494 e. The predicted molar refractivity (Wildman–Crippen MR) is 107 cm³/mol. The third kappa shape index (κ3) is 4.02. The molecule has 0 N–H and O–H groups in total. The number of carbonyl (C=O) groups excluding carboxylic acids is 1. The predicted octanol–water partition coefficient (Wildman–Crippen LogP) is 2.94. The van der Waals surface area contributed by atoms with E-state index in [2.05, 4.69) is 6.92 Å². The van der Waals surface area contributed by atoms with Crippen LogP contribution in [0.4, 0.5) is 0 Å². The van der Waals surface area contributed by atoms with Gasteiger partial charge in [-0.05, 0) is 65.4 Å². The Morgan fingerprint density at radius 3 is 2.48 bits per heavy atom. The summed E-state index contributed by atoms with van der Waals surface area (Å²) in [5.41, 5.74) is 1.04. The maximum absolute atomic E-state index is 12.8. The molecule has 1 unspecified atom stereocenters. The van der Waals surface area contributed by atoms with E-state index in [9.17, 15) is 4.79 Å². The number of nitrogens with zero attached hydrogens (tertiary/aromatic N) is 1. The third-order valence-corrected chi connectivity index (χ3v) is 6.30. The van der Waals surface area contributed by atoms with E-state index in [1.165, 1.54) is 6.42 Å². The monoisotopic (exact) mass is 373 g/mol. The van der Waals surface area contributed by atoms with Crippen molar-refractivity contribution in [2.24, 2.45) is 0 Å². The number of hydrogen-bond donors (Lipinski definition) is 0. The Kier molecular flexibility index (Phi) is 5.60. The van der Waals surface area contributed by atoms with Gasteiger partial charge in [-0.2, -0.15) is 0 Å². The van der Waals surface area contributed by atoms with Gasteiger partial charge in [-0.1, -0.05) is 12.1 Å². The normalized spacial score (nSPS) is 24.1. The van der Waals surface area contributed by atoms with Crippen LogP contribution in [0.25, 0.3) is 0 Å². The smallest absolute Gasteiger partial charge is 0.494 e. The molecule has 3 rings (SSSR count). The first-order valence-electron chi connectivity index (χ1n) is 9.96. The fourth-order valence-electron chi connectivity index (χ4n) is 3.77. The standard InChI is InChI=1S/C21H32BNO4/c1-15-9-7-8-12-23(15)19(24)13-16-10-11-17(14-18(16)25-6)22-26-20(2,3)21(4,5)27-22/h10-11,14-15H,7-9,12-13H2,1-6H3. The molecule has 0 bridgehead atoms. The molecule has 0 aliphatic carbocycles. The molecule has 0 radical (unpaired) electrons. The van der Waals surface area contributed by atoms with Gasteiger partial charge in [-0.25, -0.2) is 0 Å². The van der Waals surface area contributed by atoms with Crippen LogP contribution in [0, 0.1) is 0 Å². The summed E-state index contributed by atoms with van der Waals surface area (Å²) in [6.45, 7) is 11.1. The van der Waals surface area contributed by atoms with Gasteiger partial charge in [0.05, 0.1) is 24.7 Å². The van der Waals surface area contributed by atoms with Crippen LogP contribution < -0.4 is 10.2 Å². The highest BCUT2D eigenvalue weighted by molar-refractivity contribution is 6.62. The van der Waals surface area contributed by atoms with Gasteiger partial charge in [0, 0.05) is 18.2 Å². The van der Waals surface area contributed by atoms with Crippen molar-refractivity contribution in [3.8, 4) is 5.75 Å². The van der Waals surface area contributed by atoms with Crippen molar-refractivity contribution in [1.82, 2.24) is 4.90 Å². The van der Waals surface area contributed by atoms with E-state index in [4.69, 9.17) is 14.0 Å². The molecule has 2 fully saturated rings. The first kappa shape index (κ1) is 20.2. The summed E-state index contributed by atoms with van der Waals surface area (Å²) in [5, 5.41) is 0. The molecular weight excluding hydrogens is 341 g/mol. The Morgan fingerprint density at radius 2 is 1.89 bits per heavy atom. The Hall–Kier alpha value is -1.53. The number of rotatable bonds is 4. The topological polar surface area (TPSA) is 48.0 Å². The van der Waals surface area contributed by atoms with Crippen molar-refractivity contribution in [2.45, 2.75) is 77.5 Å². The lowest BCUT2D eigenvalue weighted by atomic mass is 9.78. The number of likely N-dealkylation sites (tertiary alicyclic amines) is 1. The average Bonchev–Trinajstić information content (AvgIpc) is 2.83. The van der Waals surface area contributed by atoms with Gasteiger partial charge >= 0.3 is 7.12 Å².